The quantitative estimate of drug-likeness (QED) is 0.824. The largest absolute Gasteiger partial charge is 0.496 e. The first kappa shape index (κ1) is 17.0. The van der Waals surface area contributed by atoms with Gasteiger partial charge in [-0.05, 0) is 29.7 Å². The molecule has 0 saturated heterocycles. The summed E-state index contributed by atoms with van der Waals surface area (Å²) < 4.78 is 5.26. The van der Waals surface area contributed by atoms with Gasteiger partial charge in [0.1, 0.15) is 5.75 Å². The highest BCUT2D eigenvalue weighted by Gasteiger charge is 2.09. The number of amides is 1. The van der Waals surface area contributed by atoms with Gasteiger partial charge in [-0.25, -0.2) is 0 Å². The van der Waals surface area contributed by atoms with Crippen molar-refractivity contribution >= 4 is 5.91 Å². The van der Waals surface area contributed by atoms with E-state index in [1.807, 2.05) is 55.5 Å². The molecule has 0 heterocycles. The van der Waals surface area contributed by atoms with E-state index in [1.54, 1.807) is 7.11 Å². The topological polar surface area (TPSA) is 58.6 Å². The Balaban J connectivity index is 1.80. The SMILES string of the molecule is COc1cc(CC(=O)NCC(O)Cc2ccccc2)ccc1C. The maximum Gasteiger partial charge on any atom is 0.224 e. The van der Waals surface area contributed by atoms with Crippen LogP contribution in [0.25, 0.3) is 0 Å². The Morgan fingerprint density at radius 3 is 2.61 bits per heavy atom. The fourth-order valence-electron chi connectivity index (χ4n) is 2.41. The van der Waals surface area contributed by atoms with Gasteiger partial charge < -0.3 is 15.2 Å². The lowest BCUT2D eigenvalue weighted by molar-refractivity contribution is -0.120. The first-order valence-electron chi connectivity index (χ1n) is 7.70. The lowest BCUT2D eigenvalue weighted by atomic mass is 10.1. The number of methoxy groups -OCH3 is 1. The summed E-state index contributed by atoms with van der Waals surface area (Å²) in [6, 6.07) is 15.5. The molecule has 4 heteroatoms. The normalized spacial score (nSPS) is 11.8. The lowest BCUT2D eigenvalue weighted by Gasteiger charge is -2.12. The number of hydrogen-bond acceptors (Lipinski definition) is 3. The second-order valence-electron chi connectivity index (χ2n) is 5.63. The number of aliphatic hydroxyl groups excluding tert-OH is 1. The van der Waals surface area contributed by atoms with Gasteiger partial charge in [-0.2, -0.15) is 0 Å². The zero-order chi connectivity index (χ0) is 16.7. The van der Waals surface area contributed by atoms with Crippen molar-refractivity contribution in [3.8, 4) is 5.75 Å². The maximum absolute atomic E-state index is 12.0. The number of carbonyl (C=O) groups excluding carboxylic acids is 1. The molecule has 0 aliphatic heterocycles. The zero-order valence-electron chi connectivity index (χ0n) is 13.6. The van der Waals surface area contributed by atoms with E-state index in [2.05, 4.69) is 5.32 Å². The average molecular weight is 313 g/mol. The minimum atomic E-state index is -0.589. The molecule has 0 radical (unpaired) electrons. The zero-order valence-corrected chi connectivity index (χ0v) is 13.6. The Bertz CT molecular complexity index is 640. The van der Waals surface area contributed by atoms with E-state index in [0.29, 0.717) is 6.42 Å². The molecule has 122 valence electrons. The van der Waals surface area contributed by atoms with E-state index in [1.165, 1.54) is 0 Å². The molecule has 1 atom stereocenters. The number of carbonyl (C=O) groups is 1. The van der Waals surface area contributed by atoms with Gasteiger partial charge in [0.25, 0.3) is 0 Å². The molecule has 0 saturated carbocycles. The predicted octanol–water partition coefficient (Wildman–Crippen LogP) is 2.27. The van der Waals surface area contributed by atoms with Gasteiger partial charge in [0.15, 0.2) is 0 Å². The van der Waals surface area contributed by atoms with E-state index >= 15 is 0 Å². The molecule has 1 amide bonds. The van der Waals surface area contributed by atoms with Crippen LogP contribution < -0.4 is 10.1 Å². The van der Waals surface area contributed by atoms with E-state index < -0.39 is 6.10 Å². The summed E-state index contributed by atoms with van der Waals surface area (Å²) in [6.45, 7) is 2.21. The molecule has 23 heavy (non-hydrogen) atoms. The summed E-state index contributed by atoms with van der Waals surface area (Å²) in [5.74, 6) is 0.669. The molecule has 4 nitrogen and oxygen atoms in total. The van der Waals surface area contributed by atoms with Crippen molar-refractivity contribution in [1.29, 1.82) is 0 Å². The van der Waals surface area contributed by atoms with Crippen LogP contribution in [0.4, 0.5) is 0 Å². The summed E-state index contributed by atoms with van der Waals surface area (Å²) in [5, 5.41) is 12.8. The van der Waals surface area contributed by atoms with Gasteiger partial charge >= 0.3 is 0 Å². The fourth-order valence-corrected chi connectivity index (χ4v) is 2.41. The van der Waals surface area contributed by atoms with Crippen molar-refractivity contribution in [3.63, 3.8) is 0 Å². The number of nitrogens with one attached hydrogen (secondary N) is 1. The molecule has 2 aromatic rings. The molecule has 2 N–H and O–H groups in total. The third-order valence-corrected chi connectivity index (χ3v) is 3.69. The highest BCUT2D eigenvalue weighted by atomic mass is 16.5. The molecular formula is C19H23NO3. The fraction of sp³-hybridized carbons (Fsp3) is 0.316. The molecule has 2 rings (SSSR count). The number of hydrogen-bond donors (Lipinski definition) is 2. The van der Waals surface area contributed by atoms with Gasteiger partial charge in [-0.15, -0.1) is 0 Å². The summed E-state index contributed by atoms with van der Waals surface area (Å²) in [6.07, 6.45) is 0.211. The first-order chi connectivity index (χ1) is 11.1. The minimum absolute atomic E-state index is 0.108. The average Bonchev–Trinajstić information content (AvgIpc) is 2.55. The van der Waals surface area contributed by atoms with Crippen LogP contribution in [0, 0.1) is 6.92 Å². The first-order valence-corrected chi connectivity index (χ1v) is 7.70. The van der Waals surface area contributed by atoms with Gasteiger partial charge in [-0.3, -0.25) is 4.79 Å². The molecule has 0 bridgehead atoms. The molecule has 1 unspecified atom stereocenters. The van der Waals surface area contributed by atoms with Crippen LogP contribution in [0.2, 0.25) is 0 Å². The van der Waals surface area contributed by atoms with Crippen LogP contribution in [-0.2, 0) is 17.6 Å². The van der Waals surface area contributed by atoms with Crippen LogP contribution in [0.5, 0.6) is 5.75 Å². The van der Waals surface area contributed by atoms with Crippen molar-refractivity contribution in [3.05, 3.63) is 65.2 Å². The van der Waals surface area contributed by atoms with Crippen molar-refractivity contribution in [2.75, 3.05) is 13.7 Å². The Morgan fingerprint density at radius 2 is 1.91 bits per heavy atom. The van der Waals surface area contributed by atoms with Crippen LogP contribution in [0.15, 0.2) is 48.5 Å². The minimum Gasteiger partial charge on any atom is -0.496 e. The Hall–Kier alpha value is -2.33. The summed E-state index contributed by atoms with van der Waals surface area (Å²) in [7, 11) is 1.62. The van der Waals surface area contributed by atoms with Crippen LogP contribution >= 0.6 is 0 Å². The van der Waals surface area contributed by atoms with Gasteiger partial charge in [0.05, 0.1) is 19.6 Å². The number of benzene rings is 2. The molecule has 0 aliphatic carbocycles. The maximum atomic E-state index is 12.0. The molecular weight excluding hydrogens is 290 g/mol. The molecule has 0 aromatic heterocycles. The number of ether oxygens (including phenoxy) is 1. The monoisotopic (exact) mass is 313 g/mol. The number of rotatable bonds is 7. The Labute approximate surface area is 137 Å². The van der Waals surface area contributed by atoms with Crippen molar-refractivity contribution in [1.82, 2.24) is 5.32 Å². The van der Waals surface area contributed by atoms with Gasteiger partial charge in [0.2, 0.25) is 5.91 Å². The standard InChI is InChI=1S/C19H23NO3/c1-14-8-9-16(11-18(14)23-2)12-19(22)20-13-17(21)10-15-6-4-3-5-7-15/h3-9,11,17,21H,10,12-13H2,1-2H3,(H,20,22). The summed E-state index contributed by atoms with van der Waals surface area (Å²) in [5.41, 5.74) is 2.98. The third kappa shape index (κ3) is 5.42. The van der Waals surface area contributed by atoms with Crippen LogP contribution in [0.1, 0.15) is 16.7 Å². The smallest absolute Gasteiger partial charge is 0.224 e. The Kier molecular flexibility index (Phi) is 6.18. The summed E-state index contributed by atoms with van der Waals surface area (Å²) in [4.78, 5) is 12.0. The van der Waals surface area contributed by atoms with Crippen molar-refractivity contribution in [2.45, 2.75) is 25.9 Å². The van der Waals surface area contributed by atoms with Gasteiger partial charge in [0, 0.05) is 13.0 Å². The molecule has 0 spiro atoms. The summed E-state index contributed by atoms with van der Waals surface area (Å²) >= 11 is 0. The van der Waals surface area contributed by atoms with E-state index in [0.717, 1.165) is 22.4 Å². The van der Waals surface area contributed by atoms with Crippen LogP contribution in [-0.4, -0.2) is 30.8 Å². The molecule has 2 aromatic carbocycles. The second kappa shape index (κ2) is 8.34. The predicted molar refractivity (Wildman–Crippen MR) is 90.6 cm³/mol. The van der Waals surface area contributed by atoms with Gasteiger partial charge in [-0.1, -0.05) is 42.5 Å². The van der Waals surface area contributed by atoms with Crippen molar-refractivity contribution in [2.24, 2.45) is 0 Å². The van der Waals surface area contributed by atoms with Crippen LogP contribution in [0.3, 0.4) is 0 Å². The van der Waals surface area contributed by atoms with E-state index in [9.17, 15) is 9.90 Å². The second-order valence-corrected chi connectivity index (χ2v) is 5.63. The number of aryl methyl sites for hydroxylation is 1. The highest BCUT2D eigenvalue weighted by Crippen LogP contribution is 2.19. The van der Waals surface area contributed by atoms with Crippen molar-refractivity contribution < 1.29 is 14.6 Å². The molecule has 0 fully saturated rings. The molecule has 0 aliphatic rings. The lowest BCUT2D eigenvalue weighted by Crippen LogP contribution is -2.34. The third-order valence-electron chi connectivity index (χ3n) is 3.69. The highest BCUT2D eigenvalue weighted by molar-refractivity contribution is 5.78. The number of aliphatic hydroxyl groups is 1. The van der Waals surface area contributed by atoms with E-state index in [4.69, 9.17) is 4.74 Å². The Morgan fingerprint density at radius 1 is 1.17 bits per heavy atom. The van der Waals surface area contributed by atoms with E-state index in [-0.39, 0.29) is 18.9 Å².